The van der Waals surface area contributed by atoms with Gasteiger partial charge in [0.05, 0.1) is 23.3 Å². The number of fused-ring (bicyclic) bond motifs is 1. The predicted octanol–water partition coefficient (Wildman–Crippen LogP) is 8.60. The van der Waals surface area contributed by atoms with Crippen molar-refractivity contribution in [1.29, 1.82) is 0 Å². The standard InChI is InChI=1S/C31H19Cl2N3O3S/c32-19-10-8-17(9-11-19)24-16-22(25-7-4-14-39-25)26-27(34)29(40-31(26)36-24)30(38)35-23-13-12-20(33)15-21(23)28(37)18-5-2-1-3-6-18/h1-16H,34H2,(H,35,38). The highest BCUT2D eigenvalue weighted by atomic mass is 35.5. The fourth-order valence-electron chi connectivity index (χ4n) is 4.42. The van der Waals surface area contributed by atoms with Gasteiger partial charge in [0.25, 0.3) is 5.91 Å². The van der Waals surface area contributed by atoms with Crippen molar-refractivity contribution < 1.29 is 14.0 Å². The van der Waals surface area contributed by atoms with Gasteiger partial charge in [-0.25, -0.2) is 4.98 Å². The third-order valence-corrected chi connectivity index (χ3v) is 7.93. The van der Waals surface area contributed by atoms with Crippen LogP contribution in [0.4, 0.5) is 11.4 Å². The molecule has 0 aliphatic heterocycles. The van der Waals surface area contributed by atoms with Gasteiger partial charge in [-0.15, -0.1) is 11.3 Å². The number of rotatable bonds is 6. The summed E-state index contributed by atoms with van der Waals surface area (Å²) in [5.41, 5.74) is 10.2. The first kappa shape index (κ1) is 25.8. The molecule has 0 unspecified atom stereocenters. The molecular weight excluding hydrogens is 565 g/mol. The minimum Gasteiger partial charge on any atom is -0.464 e. The average Bonchev–Trinajstić information content (AvgIpc) is 3.63. The molecule has 3 heterocycles. The maximum atomic E-state index is 13.6. The van der Waals surface area contributed by atoms with Gasteiger partial charge in [0, 0.05) is 37.7 Å². The number of nitrogens with one attached hydrogen (secondary N) is 1. The maximum absolute atomic E-state index is 13.6. The van der Waals surface area contributed by atoms with E-state index < -0.39 is 5.91 Å². The van der Waals surface area contributed by atoms with Crippen LogP contribution < -0.4 is 11.1 Å². The highest BCUT2D eigenvalue weighted by Gasteiger charge is 2.24. The zero-order valence-corrected chi connectivity index (χ0v) is 23.0. The Kier molecular flexibility index (Phi) is 6.86. The number of amides is 1. The Morgan fingerprint density at radius 1 is 0.875 bits per heavy atom. The Hall–Kier alpha value is -4.43. The number of ketones is 1. The first-order chi connectivity index (χ1) is 19.4. The van der Waals surface area contributed by atoms with Gasteiger partial charge in [-0.1, -0.05) is 65.7 Å². The van der Waals surface area contributed by atoms with Crippen LogP contribution in [0.1, 0.15) is 25.6 Å². The van der Waals surface area contributed by atoms with Crippen molar-refractivity contribution in [2.75, 3.05) is 11.1 Å². The van der Waals surface area contributed by atoms with Crippen LogP contribution >= 0.6 is 34.5 Å². The van der Waals surface area contributed by atoms with Gasteiger partial charge >= 0.3 is 0 Å². The lowest BCUT2D eigenvalue weighted by Gasteiger charge is -2.11. The largest absolute Gasteiger partial charge is 0.464 e. The molecule has 6 nitrogen and oxygen atoms in total. The van der Waals surface area contributed by atoms with Crippen molar-refractivity contribution in [3.8, 4) is 22.6 Å². The number of halogens is 2. The summed E-state index contributed by atoms with van der Waals surface area (Å²) >= 11 is 13.5. The van der Waals surface area contributed by atoms with E-state index in [-0.39, 0.29) is 21.9 Å². The molecule has 0 saturated carbocycles. The minimum absolute atomic E-state index is 0.261. The normalized spacial score (nSPS) is 11.1. The number of anilines is 2. The van der Waals surface area contributed by atoms with Crippen molar-refractivity contribution in [2.45, 2.75) is 0 Å². The van der Waals surface area contributed by atoms with Crippen LogP contribution in [0.5, 0.6) is 0 Å². The first-order valence-electron chi connectivity index (χ1n) is 12.1. The lowest BCUT2D eigenvalue weighted by molar-refractivity contribution is 0.103. The van der Waals surface area contributed by atoms with Crippen LogP contribution in [0.25, 0.3) is 32.8 Å². The summed E-state index contributed by atoms with van der Waals surface area (Å²) < 4.78 is 5.70. The topological polar surface area (TPSA) is 98.2 Å². The van der Waals surface area contributed by atoms with Crippen molar-refractivity contribution in [2.24, 2.45) is 0 Å². The minimum atomic E-state index is -0.469. The molecule has 0 bridgehead atoms. The summed E-state index contributed by atoms with van der Waals surface area (Å²) in [6.07, 6.45) is 1.57. The molecule has 196 valence electrons. The SMILES string of the molecule is Nc1c(C(=O)Nc2ccc(Cl)cc2C(=O)c2ccccc2)sc2nc(-c3ccc(Cl)cc3)cc(-c3ccco3)c12. The van der Waals surface area contributed by atoms with Gasteiger partial charge in [0.15, 0.2) is 5.78 Å². The first-order valence-corrected chi connectivity index (χ1v) is 13.7. The number of carbonyl (C=O) groups excluding carboxylic acids is 2. The Bertz CT molecular complexity index is 1880. The molecular formula is C31H19Cl2N3O3S. The number of hydrogen-bond donors (Lipinski definition) is 2. The number of hydrogen-bond acceptors (Lipinski definition) is 6. The second kappa shape index (κ2) is 10.6. The molecule has 6 rings (SSSR count). The molecule has 0 aliphatic rings. The molecule has 3 aromatic heterocycles. The summed E-state index contributed by atoms with van der Waals surface area (Å²) in [7, 11) is 0. The fourth-order valence-corrected chi connectivity index (χ4v) is 5.73. The molecule has 6 aromatic rings. The second-order valence-electron chi connectivity index (χ2n) is 8.90. The predicted molar refractivity (Wildman–Crippen MR) is 161 cm³/mol. The molecule has 0 saturated heterocycles. The van der Waals surface area contributed by atoms with Crippen LogP contribution in [0.2, 0.25) is 10.0 Å². The smallest absolute Gasteiger partial charge is 0.267 e. The number of nitrogens with two attached hydrogens (primary N) is 1. The second-order valence-corrected chi connectivity index (χ2v) is 10.8. The Labute approximate surface area is 243 Å². The quantitative estimate of drug-likeness (QED) is 0.191. The van der Waals surface area contributed by atoms with E-state index >= 15 is 0 Å². The summed E-state index contributed by atoms with van der Waals surface area (Å²) in [5, 5.41) is 4.46. The zero-order chi connectivity index (χ0) is 27.8. The number of pyridine rings is 1. The van der Waals surface area contributed by atoms with Gasteiger partial charge in [0.2, 0.25) is 0 Å². The van der Waals surface area contributed by atoms with Crippen LogP contribution in [-0.2, 0) is 0 Å². The highest BCUT2D eigenvalue weighted by molar-refractivity contribution is 7.21. The van der Waals surface area contributed by atoms with Gasteiger partial charge in [-0.3, -0.25) is 9.59 Å². The lowest BCUT2D eigenvalue weighted by Crippen LogP contribution is -2.15. The number of carbonyl (C=O) groups is 2. The third kappa shape index (κ3) is 4.86. The molecule has 3 N–H and O–H groups in total. The number of benzene rings is 3. The van der Waals surface area contributed by atoms with E-state index in [2.05, 4.69) is 5.32 Å². The molecule has 0 spiro atoms. The van der Waals surface area contributed by atoms with E-state index in [9.17, 15) is 9.59 Å². The van der Waals surface area contributed by atoms with Crippen molar-refractivity contribution >= 4 is 67.8 Å². The summed E-state index contributed by atoms with van der Waals surface area (Å²) in [6.45, 7) is 0. The summed E-state index contributed by atoms with van der Waals surface area (Å²) in [4.78, 5) is 32.5. The molecule has 1 amide bonds. The highest BCUT2D eigenvalue weighted by Crippen LogP contribution is 2.42. The number of thiophene rings is 1. The van der Waals surface area contributed by atoms with Crippen LogP contribution in [0.3, 0.4) is 0 Å². The Morgan fingerprint density at radius 3 is 2.35 bits per heavy atom. The molecule has 9 heteroatoms. The van der Waals surface area contributed by atoms with Gasteiger partial charge in [-0.05, 0) is 48.5 Å². The molecule has 0 fully saturated rings. The molecule has 0 atom stereocenters. The van der Waals surface area contributed by atoms with Crippen LogP contribution in [0.15, 0.2) is 102 Å². The van der Waals surface area contributed by atoms with Crippen LogP contribution in [-0.4, -0.2) is 16.7 Å². The molecule has 0 aliphatic carbocycles. The monoisotopic (exact) mass is 583 g/mol. The molecule has 3 aromatic carbocycles. The summed E-state index contributed by atoms with van der Waals surface area (Å²) in [6, 6.07) is 26.4. The maximum Gasteiger partial charge on any atom is 0.267 e. The fraction of sp³-hybridized carbons (Fsp3) is 0. The molecule has 40 heavy (non-hydrogen) atoms. The van der Waals surface area contributed by atoms with Crippen molar-refractivity contribution in [3.05, 3.63) is 123 Å². The number of nitrogen functional groups attached to an aromatic ring is 1. The van der Waals surface area contributed by atoms with Crippen molar-refractivity contribution in [1.82, 2.24) is 4.98 Å². The Morgan fingerprint density at radius 2 is 1.62 bits per heavy atom. The van der Waals surface area contributed by atoms with Gasteiger partial charge in [-0.2, -0.15) is 0 Å². The molecule has 0 radical (unpaired) electrons. The van der Waals surface area contributed by atoms with Gasteiger partial charge in [0.1, 0.15) is 15.5 Å². The number of aromatic nitrogens is 1. The number of nitrogens with zero attached hydrogens (tertiary/aromatic N) is 1. The Balaban J connectivity index is 1.43. The van der Waals surface area contributed by atoms with Gasteiger partial charge < -0.3 is 15.5 Å². The average molecular weight is 584 g/mol. The lowest BCUT2D eigenvalue weighted by atomic mass is 10.0. The van der Waals surface area contributed by atoms with Crippen LogP contribution in [0, 0.1) is 0 Å². The summed E-state index contributed by atoms with van der Waals surface area (Å²) in [5.74, 6) is -0.145. The van der Waals surface area contributed by atoms with Crippen molar-refractivity contribution in [3.63, 3.8) is 0 Å². The van der Waals surface area contributed by atoms with E-state index in [0.29, 0.717) is 48.5 Å². The third-order valence-electron chi connectivity index (χ3n) is 6.34. The van der Waals surface area contributed by atoms with E-state index in [1.807, 2.05) is 30.3 Å². The van der Waals surface area contributed by atoms with E-state index in [1.165, 1.54) is 6.07 Å². The number of furan rings is 1. The zero-order valence-electron chi connectivity index (χ0n) is 20.7. The van der Waals surface area contributed by atoms with E-state index in [0.717, 1.165) is 16.9 Å². The van der Waals surface area contributed by atoms with E-state index in [1.54, 1.807) is 60.9 Å². The van der Waals surface area contributed by atoms with E-state index in [4.69, 9.17) is 38.3 Å².